The number of fused-ring (bicyclic) bond motifs is 9. The molecule has 0 radical (unpaired) electrons. The van der Waals surface area contributed by atoms with Gasteiger partial charge in [-0.25, -0.2) is 0 Å². The molecule has 0 bridgehead atoms. The monoisotopic (exact) mass is 745 g/mol. The van der Waals surface area contributed by atoms with Crippen molar-refractivity contribution in [3.05, 3.63) is 209 Å². The fourth-order valence-electron chi connectivity index (χ4n) is 11.0. The van der Waals surface area contributed by atoms with E-state index in [4.69, 9.17) is 0 Å². The first-order valence-corrected chi connectivity index (χ1v) is 20.8. The van der Waals surface area contributed by atoms with Crippen molar-refractivity contribution in [3.63, 3.8) is 0 Å². The predicted molar refractivity (Wildman–Crippen MR) is 245 cm³/mol. The third kappa shape index (κ3) is 4.77. The Morgan fingerprint density at radius 2 is 0.690 bits per heavy atom. The van der Waals surface area contributed by atoms with Crippen molar-refractivity contribution in [2.24, 2.45) is 0 Å². The van der Waals surface area contributed by atoms with Crippen LogP contribution in [0.25, 0.3) is 55.6 Å². The van der Waals surface area contributed by atoms with Gasteiger partial charge in [0.25, 0.3) is 0 Å². The molecule has 8 aromatic rings. The summed E-state index contributed by atoms with van der Waals surface area (Å²) in [7, 11) is 0. The number of benzene rings is 8. The van der Waals surface area contributed by atoms with E-state index in [2.05, 4.69) is 222 Å². The van der Waals surface area contributed by atoms with Gasteiger partial charge in [0.2, 0.25) is 0 Å². The van der Waals surface area contributed by atoms with Gasteiger partial charge in [0.05, 0.1) is 11.4 Å². The molecule has 0 spiro atoms. The molecule has 3 aliphatic carbocycles. The second-order valence-electron chi connectivity index (χ2n) is 18.1. The summed E-state index contributed by atoms with van der Waals surface area (Å²) >= 11 is 0. The Bertz CT molecular complexity index is 2990. The van der Waals surface area contributed by atoms with Gasteiger partial charge in [0.15, 0.2) is 0 Å². The summed E-state index contributed by atoms with van der Waals surface area (Å²) in [6, 6.07) is 66.2. The second kappa shape index (κ2) is 12.3. The maximum absolute atomic E-state index is 2.55. The van der Waals surface area contributed by atoms with E-state index in [1.807, 2.05) is 0 Å². The average molecular weight is 746 g/mol. The molecule has 11 rings (SSSR count). The summed E-state index contributed by atoms with van der Waals surface area (Å²) in [6.07, 6.45) is 0. The van der Waals surface area contributed by atoms with Crippen LogP contribution < -0.4 is 4.90 Å². The van der Waals surface area contributed by atoms with Gasteiger partial charge in [-0.3, -0.25) is 0 Å². The molecule has 3 aliphatic rings. The van der Waals surface area contributed by atoms with E-state index in [0.29, 0.717) is 0 Å². The molecular weight excluding hydrogens is 699 g/mol. The summed E-state index contributed by atoms with van der Waals surface area (Å²) < 4.78 is 0. The molecule has 0 aromatic heterocycles. The van der Waals surface area contributed by atoms with Gasteiger partial charge in [-0.2, -0.15) is 0 Å². The molecule has 8 aromatic carbocycles. The van der Waals surface area contributed by atoms with Crippen molar-refractivity contribution >= 4 is 17.1 Å². The third-order valence-electron chi connectivity index (χ3n) is 13.9. The van der Waals surface area contributed by atoms with Crippen LogP contribution in [0.15, 0.2) is 176 Å². The van der Waals surface area contributed by atoms with Crippen molar-refractivity contribution < 1.29 is 0 Å². The normalized spacial score (nSPS) is 15.5. The van der Waals surface area contributed by atoms with Crippen molar-refractivity contribution in [2.75, 3.05) is 4.90 Å². The molecule has 0 atom stereocenters. The van der Waals surface area contributed by atoms with E-state index in [9.17, 15) is 0 Å². The van der Waals surface area contributed by atoms with Gasteiger partial charge in [-0.1, -0.05) is 187 Å². The largest absolute Gasteiger partial charge is 0.309 e. The van der Waals surface area contributed by atoms with E-state index >= 15 is 0 Å². The zero-order valence-electron chi connectivity index (χ0n) is 34.2. The van der Waals surface area contributed by atoms with Crippen LogP contribution in [-0.2, 0) is 16.2 Å². The molecule has 0 amide bonds. The quantitative estimate of drug-likeness (QED) is 0.170. The van der Waals surface area contributed by atoms with Crippen molar-refractivity contribution in [2.45, 2.75) is 57.8 Å². The van der Waals surface area contributed by atoms with Crippen LogP contribution in [-0.4, -0.2) is 0 Å². The van der Waals surface area contributed by atoms with Crippen LogP contribution >= 0.6 is 0 Å². The molecule has 280 valence electrons. The lowest BCUT2D eigenvalue weighted by Gasteiger charge is -2.32. The fourth-order valence-corrected chi connectivity index (χ4v) is 11.0. The molecule has 1 nitrogen and oxygen atoms in total. The summed E-state index contributed by atoms with van der Waals surface area (Å²) in [6.45, 7) is 14.3. The van der Waals surface area contributed by atoms with Crippen LogP contribution in [0.2, 0.25) is 0 Å². The molecule has 1 heteroatoms. The van der Waals surface area contributed by atoms with E-state index < -0.39 is 0 Å². The van der Waals surface area contributed by atoms with Crippen molar-refractivity contribution in [1.82, 2.24) is 0 Å². The van der Waals surface area contributed by atoms with E-state index in [1.54, 1.807) is 0 Å². The lowest BCUT2D eigenvalue weighted by atomic mass is 9.78. The topological polar surface area (TPSA) is 3.24 Å². The van der Waals surface area contributed by atoms with E-state index in [0.717, 1.165) is 17.1 Å². The Kier molecular flexibility index (Phi) is 7.36. The number of rotatable bonds is 5. The molecule has 0 heterocycles. The van der Waals surface area contributed by atoms with Crippen LogP contribution in [0.1, 0.15) is 74.9 Å². The Hall–Kier alpha value is -6.44. The minimum atomic E-state index is -0.156. The first kappa shape index (κ1) is 34.8. The Labute approximate surface area is 343 Å². The SMILES string of the molecule is CC1(C)c2ccccc2-c2ccc(-c3ccccc3N(c3ccc4c(c3)C(C)(C)c3ccccc3-4)c3ccccc3-c3cccc4c3C(C)(C)c3ccccc3-4)cc21. The first-order valence-electron chi connectivity index (χ1n) is 20.8. The van der Waals surface area contributed by atoms with Crippen LogP contribution in [0.3, 0.4) is 0 Å². The molecule has 58 heavy (non-hydrogen) atoms. The minimum Gasteiger partial charge on any atom is -0.309 e. The lowest BCUT2D eigenvalue weighted by molar-refractivity contribution is 0.660. The standard InChI is InChI=1S/C57H47N/c1-55(2)47-25-12-7-19-39(47)42-32-30-36(34-50(42)55)38-18-10-15-28-52(38)58(37-31-33-43-40-20-8-13-26-48(40)56(3,4)51(43)35-37)53-29-16-11-22-44(53)46-24-17-23-45-41-21-9-14-27-49(41)57(5,6)54(45)46/h7-35H,1-6H3. The smallest absolute Gasteiger partial charge is 0.0540 e. The van der Waals surface area contributed by atoms with E-state index in [1.165, 1.54) is 89.0 Å². The highest BCUT2D eigenvalue weighted by atomic mass is 15.1. The van der Waals surface area contributed by atoms with Crippen molar-refractivity contribution in [3.8, 4) is 55.6 Å². The van der Waals surface area contributed by atoms with Crippen LogP contribution in [0.5, 0.6) is 0 Å². The Morgan fingerprint density at radius 3 is 1.29 bits per heavy atom. The molecule has 0 saturated heterocycles. The molecule has 0 unspecified atom stereocenters. The summed E-state index contributed by atoms with van der Waals surface area (Å²) in [4.78, 5) is 2.55. The average Bonchev–Trinajstić information content (AvgIpc) is 3.74. The van der Waals surface area contributed by atoms with Crippen LogP contribution in [0.4, 0.5) is 17.1 Å². The van der Waals surface area contributed by atoms with Gasteiger partial charge in [-0.05, 0) is 108 Å². The molecule has 0 N–H and O–H groups in total. The highest BCUT2D eigenvalue weighted by Gasteiger charge is 2.40. The predicted octanol–water partition coefficient (Wildman–Crippen LogP) is 15.4. The summed E-state index contributed by atoms with van der Waals surface area (Å²) in [5.74, 6) is 0. The van der Waals surface area contributed by atoms with Crippen LogP contribution in [0, 0.1) is 0 Å². The maximum atomic E-state index is 2.55. The summed E-state index contributed by atoms with van der Waals surface area (Å²) in [5, 5.41) is 0. The van der Waals surface area contributed by atoms with E-state index in [-0.39, 0.29) is 16.2 Å². The number of nitrogens with zero attached hydrogens (tertiary/aromatic N) is 1. The number of hydrogen-bond donors (Lipinski definition) is 0. The van der Waals surface area contributed by atoms with Gasteiger partial charge in [-0.15, -0.1) is 0 Å². The Balaban J connectivity index is 1.15. The number of hydrogen-bond acceptors (Lipinski definition) is 1. The molecule has 0 saturated carbocycles. The number of anilines is 3. The first-order chi connectivity index (χ1) is 28.1. The maximum Gasteiger partial charge on any atom is 0.0540 e. The van der Waals surface area contributed by atoms with Gasteiger partial charge < -0.3 is 4.90 Å². The zero-order valence-corrected chi connectivity index (χ0v) is 34.2. The number of para-hydroxylation sites is 2. The van der Waals surface area contributed by atoms with Gasteiger partial charge in [0, 0.05) is 33.1 Å². The van der Waals surface area contributed by atoms with Gasteiger partial charge in [0.1, 0.15) is 0 Å². The highest BCUT2D eigenvalue weighted by Crippen LogP contribution is 2.56. The Morgan fingerprint density at radius 1 is 0.293 bits per heavy atom. The molecule has 0 aliphatic heterocycles. The fraction of sp³-hybridized carbons (Fsp3) is 0.158. The third-order valence-corrected chi connectivity index (χ3v) is 13.9. The lowest BCUT2D eigenvalue weighted by Crippen LogP contribution is -2.18. The summed E-state index contributed by atoms with van der Waals surface area (Å²) in [5.41, 5.74) is 24.4. The molecular formula is C57H47N. The zero-order chi connectivity index (χ0) is 39.6. The second-order valence-corrected chi connectivity index (χ2v) is 18.1. The van der Waals surface area contributed by atoms with Crippen molar-refractivity contribution in [1.29, 1.82) is 0 Å². The highest BCUT2D eigenvalue weighted by molar-refractivity contribution is 5.98. The molecule has 0 fully saturated rings. The van der Waals surface area contributed by atoms with Gasteiger partial charge >= 0.3 is 0 Å². The minimum absolute atomic E-state index is 0.0954.